The Bertz CT molecular complexity index is 551. The third kappa shape index (κ3) is 5.23. The van der Waals surface area contributed by atoms with Crippen LogP contribution in [0, 0.1) is 0 Å². The third-order valence-corrected chi connectivity index (χ3v) is 2.77. The molecule has 4 N–H and O–H groups in total. The summed E-state index contributed by atoms with van der Waals surface area (Å²) in [6.07, 6.45) is -6.52. The van der Waals surface area contributed by atoms with Gasteiger partial charge in [-0.05, 0) is 18.2 Å². The molecule has 0 saturated carbocycles. The van der Waals surface area contributed by atoms with E-state index in [-0.39, 0.29) is 4.47 Å². The van der Waals surface area contributed by atoms with E-state index in [1.165, 1.54) is 6.07 Å². The van der Waals surface area contributed by atoms with Crippen LogP contribution in [0.25, 0.3) is 0 Å². The molecule has 1 rings (SSSR count). The van der Waals surface area contributed by atoms with Gasteiger partial charge in [-0.25, -0.2) is 9.59 Å². The molecule has 0 aliphatic heterocycles. The molecule has 0 fully saturated rings. The lowest BCUT2D eigenvalue weighted by atomic mass is 10.1. The number of carboxylic acids is 1. The van der Waals surface area contributed by atoms with E-state index in [9.17, 15) is 22.8 Å². The van der Waals surface area contributed by atoms with Crippen LogP contribution in [-0.2, 0) is 11.0 Å². The van der Waals surface area contributed by atoms with Crippen molar-refractivity contribution < 1.29 is 33.0 Å². The number of alkyl halides is 3. The van der Waals surface area contributed by atoms with Crippen molar-refractivity contribution in [2.75, 3.05) is 11.9 Å². The summed E-state index contributed by atoms with van der Waals surface area (Å²) < 4.78 is 38.5. The van der Waals surface area contributed by atoms with Crippen molar-refractivity contribution in [1.82, 2.24) is 5.32 Å². The predicted molar refractivity (Wildman–Crippen MR) is 69.8 cm³/mol. The maximum Gasteiger partial charge on any atom is 0.418 e. The van der Waals surface area contributed by atoms with Crippen molar-refractivity contribution in [2.24, 2.45) is 0 Å². The molecule has 0 spiro atoms. The Morgan fingerprint density at radius 2 is 1.95 bits per heavy atom. The lowest BCUT2D eigenvalue weighted by Crippen LogP contribution is -2.39. The second-order valence-electron chi connectivity index (χ2n) is 3.88. The smallest absolute Gasteiger partial charge is 0.418 e. The number of carbonyl (C=O) groups is 2. The molecular weight excluding hydrogens is 361 g/mol. The molecule has 1 unspecified atom stereocenters. The van der Waals surface area contributed by atoms with Gasteiger partial charge in [0, 0.05) is 4.47 Å². The lowest BCUT2D eigenvalue weighted by molar-refractivity contribution is -0.146. The lowest BCUT2D eigenvalue weighted by Gasteiger charge is -2.15. The monoisotopic (exact) mass is 370 g/mol. The van der Waals surface area contributed by atoms with E-state index in [1.54, 1.807) is 0 Å². The fourth-order valence-electron chi connectivity index (χ4n) is 1.30. The third-order valence-electron chi connectivity index (χ3n) is 2.28. The second-order valence-corrected chi connectivity index (χ2v) is 4.79. The minimum absolute atomic E-state index is 0.182. The molecule has 116 valence electrons. The van der Waals surface area contributed by atoms with Crippen molar-refractivity contribution in [3.05, 3.63) is 28.2 Å². The number of aliphatic carboxylic acids is 1. The Hall–Kier alpha value is -1.81. The highest BCUT2D eigenvalue weighted by molar-refractivity contribution is 9.10. The molecular formula is C11H10BrF3N2O4. The van der Waals surface area contributed by atoms with E-state index in [4.69, 9.17) is 10.2 Å². The Kier molecular flexibility index (Phi) is 5.55. The second kappa shape index (κ2) is 6.76. The topological polar surface area (TPSA) is 98.7 Å². The van der Waals surface area contributed by atoms with E-state index in [0.29, 0.717) is 0 Å². The molecule has 1 aromatic carbocycles. The highest BCUT2D eigenvalue weighted by atomic mass is 79.9. The van der Waals surface area contributed by atoms with E-state index in [1.807, 2.05) is 10.6 Å². The fourth-order valence-corrected chi connectivity index (χ4v) is 1.66. The number of urea groups is 1. The minimum atomic E-state index is -4.67. The Morgan fingerprint density at radius 1 is 1.33 bits per heavy atom. The standard InChI is InChI=1S/C11H10BrF3N2O4/c12-5-1-2-7(6(3-5)11(13,14)15)17-10(21)16-4-8(18)9(19)20/h1-3,8,18H,4H2,(H,19,20)(H2,16,17,21). The zero-order chi connectivity index (χ0) is 16.2. The summed E-state index contributed by atoms with van der Waals surface area (Å²) in [5.74, 6) is -1.56. The average molecular weight is 371 g/mol. The van der Waals surface area contributed by atoms with Crippen molar-refractivity contribution in [3.63, 3.8) is 0 Å². The van der Waals surface area contributed by atoms with Gasteiger partial charge >= 0.3 is 18.2 Å². The van der Waals surface area contributed by atoms with Gasteiger partial charge in [0.2, 0.25) is 0 Å². The number of carboxylic acid groups (broad SMARTS) is 1. The van der Waals surface area contributed by atoms with Crippen LogP contribution in [0.1, 0.15) is 5.56 Å². The highest BCUT2D eigenvalue weighted by Gasteiger charge is 2.34. The number of aliphatic hydroxyl groups excluding tert-OH is 1. The number of rotatable bonds is 4. The van der Waals surface area contributed by atoms with Gasteiger partial charge in [0.05, 0.1) is 17.8 Å². The molecule has 6 nitrogen and oxygen atoms in total. The molecule has 0 bridgehead atoms. The van der Waals surface area contributed by atoms with Gasteiger partial charge in [-0.2, -0.15) is 13.2 Å². The molecule has 2 amide bonds. The number of carbonyl (C=O) groups excluding carboxylic acids is 1. The van der Waals surface area contributed by atoms with E-state index >= 15 is 0 Å². The van der Waals surface area contributed by atoms with Gasteiger partial charge in [-0.3, -0.25) is 0 Å². The number of anilines is 1. The summed E-state index contributed by atoms with van der Waals surface area (Å²) in [7, 11) is 0. The number of amides is 2. The summed E-state index contributed by atoms with van der Waals surface area (Å²) in [6, 6.07) is 2.07. The van der Waals surface area contributed by atoms with Crippen molar-refractivity contribution >= 4 is 33.6 Å². The van der Waals surface area contributed by atoms with E-state index in [0.717, 1.165) is 12.1 Å². The Balaban J connectivity index is 2.79. The van der Waals surface area contributed by atoms with Crippen LogP contribution >= 0.6 is 15.9 Å². The summed E-state index contributed by atoms with van der Waals surface area (Å²) in [5, 5.41) is 21.2. The molecule has 21 heavy (non-hydrogen) atoms. The van der Waals surface area contributed by atoms with Crippen molar-refractivity contribution in [3.8, 4) is 0 Å². The first-order valence-electron chi connectivity index (χ1n) is 5.43. The first-order chi connectivity index (χ1) is 9.61. The number of benzene rings is 1. The predicted octanol–water partition coefficient (Wildman–Crippen LogP) is 2.03. The zero-order valence-corrected chi connectivity index (χ0v) is 11.8. The molecule has 0 heterocycles. The summed E-state index contributed by atoms with van der Waals surface area (Å²) in [6.45, 7) is -0.640. The van der Waals surface area contributed by atoms with Gasteiger partial charge in [0.15, 0.2) is 6.10 Å². The number of aliphatic hydroxyl groups is 1. The van der Waals surface area contributed by atoms with Crippen LogP contribution in [0.5, 0.6) is 0 Å². The molecule has 10 heteroatoms. The average Bonchev–Trinajstić information content (AvgIpc) is 2.36. The van der Waals surface area contributed by atoms with Crippen molar-refractivity contribution in [2.45, 2.75) is 12.3 Å². The van der Waals surface area contributed by atoms with Crippen LogP contribution in [0.2, 0.25) is 0 Å². The van der Waals surface area contributed by atoms with Crippen LogP contribution in [0.3, 0.4) is 0 Å². The first kappa shape index (κ1) is 17.2. The van der Waals surface area contributed by atoms with Gasteiger partial charge in [-0.15, -0.1) is 0 Å². The Morgan fingerprint density at radius 3 is 2.48 bits per heavy atom. The highest BCUT2D eigenvalue weighted by Crippen LogP contribution is 2.36. The summed E-state index contributed by atoms with van der Waals surface area (Å²) in [5.41, 5.74) is -1.56. The van der Waals surface area contributed by atoms with Gasteiger partial charge < -0.3 is 20.8 Å². The molecule has 0 radical (unpaired) electrons. The Labute approximate surface area is 125 Å². The van der Waals surface area contributed by atoms with Crippen LogP contribution in [0.4, 0.5) is 23.7 Å². The molecule has 0 aliphatic carbocycles. The quantitative estimate of drug-likeness (QED) is 0.651. The summed E-state index contributed by atoms with van der Waals surface area (Å²) >= 11 is 2.89. The number of hydrogen-bond acceptors (Lipinski definition) is 3. The normalized spacial score (nSPS) is 12.6. The van der Waals surface area contributed by atoms with Gasteiger partial charge in [0.1, 0.15) is 0 Å². The maximum atomic E-state index is 12.8. The van der Waals surface area contributed by atoms with Crippen LogP contribution < -0.4 is 10.6 Å². The summed E-state index contributed by atoms with van der Waals surface area (Å²) in [4.78, 5) is 21.7. The molecule has 0 saturated heterocycles. The zero-order valence-electron chi connectivity index (χ0n) is 10.2. The molecule has 1 aromatic rings. The SMILES string of the molecule is O=C(NCC(O)C(=O)O)Nc1ccc(Br)cc1C(F)(F)F. The molecule has 1 atom stereocenters. The number of halogens is 4. The number of hydrogen-bond donors (Lipinski definition) is 4. The van der Waals surface area contributed by atoms with Gasteiger partial charge in [0.25, 0.3) is 0 Å². The first-order valence-corrected chi connectivity index (χ1v) is 6.23. The van der Waals surface area contributed by atoms with Crippen molar-refractivity contribution in [1.29, 1.82) is 0 Å². The molecule has 0 aliphatic rings. The molecule has 0 aromatic heterocycles. The minimum Gasteiger partial charge on any atom is -0.479 e. The number of nitrogens with one attached hydrogen (secondary N) is 2. The van der Waals surface area contributed by atoms with E-state index in [2.05, 4.69) is 15.9 Å². The largest absolute Gasteiger partial charge is 0.479 e. The van der Waals surface area contributed by atoms with Crippen LogP contribution in [-0.4, -0.2) is 34.9 Å². The fraction of sp³-hybridized carbons (Fsp3) is 0.273. The van der Waals surface area contributed by atoms with Crippen LogP contribution in [0.15, 0.2) is 22.7 Å². The van der Waals surface area contributed by atoms with Gasteiger partial charge in [-0.1, -0.05) is 15.9 Å². The maximum absolute atomic E-state index is 12.8. The van der Waals surface area contributed by atoms with E-state index < -0.39 is 42.1 Å².